The number of thiophene rings is 1. The van der Waals surface area contributed by atoms with Crippen LogP contribution < -0.4 is 4.74 Å². The molecule has 2 amide bonds. The molecular weight excluding hydrogens is 444 g/mol. The number of benzene rings is 1. The zero-order valence-corrected chi connectivity index (χ0v) is 21.8. The Morgan fingerprint density at radius 1 is 1.09 bits per heavy atom. The second-order valence-corrected chi connectivity index (χ2v) is 11.2. The molecule has 184 valence electrons. The molecule has 34 heavy (non-hydrogen) atoms. The maximum Gasteiger partial charge on any atom is 0.242 e. The Bertz CT molecular complexity index is 976. The van der Waals surface area contributed by atoms with Gasteiger partial charge in [-0.1, -0.05) is 38.8 Å². The second-order valence-electron chi connectivity index (χ2n) is 10.2. The average Bonchev–Trinajstić information content (AvgIpc) is 3.52. The van der Waals surface area contributed by atoms with Crippen LogP contribution in [0, 0.1) is 5.92 Å². The molecule has 0 N–H and O–H groups in total. The normalized spacial score (nSPS) is 18.4. The lowest BCUT2D eigenvalue weighted by molar-refractivity contribution is -0.146. The molecule has 0 bridgehead atoms. The summed E-state index contributed by atoms with van der Waals surface area (Å²) in [5.74, 6) is 1.53. The van der Waals surface area contributed by atoms with Gasteiger partial charge in [-0.15, -0.1) is 11.3 Å². The summed E-state index contributed by atoms with van der Waals surface area (Å²) in [5.41, 5.74) is 2.46. The van der Waals surface area contributed by atoms with Gasteiger partial charge in [-0.3, -0.25) is 9.59 Å². The van der Waals surface area contributed by atoms with Crippen molar-refractivity contribution in [2.24, 2.45) is 5.92 Å². The van der Waals surface area contributed by atoms with Gasteiger partial charge in [-0.05, 0) is 73.7 Å². The highest BCUT2D eigenvalue weighted by atomic mass is 32.1. The zero-order chi connectivity index (χ0) is 24.2. The first-order valence-corrected chi connectivity index (χ1v) is 13.6. The predicted octanol–water partition coefficient (Wildman–Crippen LogP) is 5.80. The van der Waals surface area contributed by atoms with E-state index in [9.17, 15) is 9.59 Å². The van der Waals surface area contributed by atoms with Gasteiger partial charge in [0.2, 0.25) is 11.8 Å². The van der Waals surface area contributed by atoms with Crippen LogP contribution in [0.25, 0.3) is 0 Å². The highest BCUT2D eigenvalue weighted by molar-refractivity contribution is 7.10. The van der Waals surface area contributed by atoms with Gasteiger partial charge in [0.05, 0.1) is 6.04 Å². The van der Waals surface area contributed by atoms with Crippen molar-refractivity contribution in [2.45, 2.75) is 77.8 Å². The smallest absolute Gasteiger partial charge is 0.242 e. The monoisotopic (exact) mass is 482 g/mol. The van der Waals surface area contributed by atoms with Crippen molar-refractivity contribution in [3.05, 3.63) is 51.7 Å². The first-order chi connectivity index (χ1) is 16.3. The fourth-order valence-electron chi connectivity index (χ4n) is 5.16. The number of hydrogen-bond donors (Lipinski definition) is 0. The minimum atomic E-state index is -0.136. The van der Waals surface area contributed by atoms with Crippen LogP contribution >= 0.6 is 11.3 Å². The van der Waals surface area contributed by atoms with E-state index in [1.54, 1.807) is 16.2 Å². The van der Waals surface area contributed by atoms with Crippen LogP contribution in [0.5, 0.6) is 5.75 Å². The Hall–Kier alpha value is -2.34. The summed E-state index contributed by atoms with van der Waals surface area (Å²) >= 11 is 1.75. The van der Waals surface area contributed by atoms with Crippen molar-refractivity contribution in [3.8, 4) is 5.75 Å². The molecule has 1 fully saturated rings. The molecule has 1 aromatic heterocycles. The number of fused-ring (bicyclic) bond motifs is 1. The molecule has 2 heterocycles. The number of amides is 2. The van der Waals surface area contributed by atoms with Crippen LogP contribution in [-0.4, -0.2) is 47.4 Å². The van der Waals surface area contributed by atoms with E-state index < -0.39 is 0 Å². The molecular formula is C28H38N2O3S. The molecule has 4 rings (SSSR count). The molecule has 0 radical (unpaired) electrons. The van der Waals surface area contributed by atoms with E-state index in [4.69, 9.17) is 4.74 Å². The van der Waals surface area contributed by atoms with Crippen molar-refractivity contribution in [2.75, 3.05) is 19.7 Å². The standard InChI is InChI=1S/C28H38N2O3S/c1-19(2)21-9-11-23(12-10-21)33-18-25-24-14-16-34-26(24)13-15-29(25)27(31)17-30(20(3)4)28(32)22-7-5-6-8-22/h9-12,14,16,19-20,22,25H,5-8,13,15,17-18H2,1-4H3/t25-/m0/s1. The van der Waals surface area contributed by atoms with Gasteiger partial charge >= 0.3 is 0 Å². The summed E-state index contributed by atoms with van der Waals surface area (Å²) in [5, 5.41) is 2.10. The number of rotatable bonds is 8. The van der Waals surface area contributed by atoms with Gasteiger partial charge in [-0.2, -0.15) is 0 Å². The predicted molar refractivity (Wildman–Crippen MR) is 137 cm³/mol. The van der Waals surface area contributed by atoms with Crippen LogP contribution in [0.1, 0.15) is 81.3 Å². The summed E-state index contributed by atoms with van der Waals surface area (Å²) < 4.78 is 6.20. The van der Waals surface area contributed by atoms with E-state index in [-0.39, 0.29) is 36.4 Å². The van der Waals surface area contributed by atoms with Crippen molar-refractivity contribution >= 4 is 23.2 Å². The Kier molecular flexibility index (Phi) is 7.97. The van der Waals surface area contributed by atoms with Crippen LogP contribution in [-0.2, 0) is 16.0 Å². The van der Waals surface area contributed by atoms with Crippen molar-refractivity contribution < 1.29 is 14.3 Å². The molecule has 0 saturated heterocycles. The molecule has 1 atom stereocenters. The minimum absolute atomic E-state index is 0.00715. The first kappa shape index (κ1) is 24.8. The molecule has 1 aliphatic heterocycles. The number of hydrogen-bond acceptors (Lipinski definition) is 4. The summed E-state index contributed by atoms with van der Waals surface area (Å²) in [6.45, 7) is 9.59. The van der Waals surface area contributed by atoms with Crippen molar-refractivity contribution in [1.82, 2.24) is 9.80 Å². The summed E-state index contributed by atoms with van der Waals surface area (Å²) in [6, 6.07) is 10.2. The van der Waals surface area contributed by atoms with Crippen molar-refractivity contribution in [3.63, 3.8) is 0 Å². The fraction of sp³-hybridized carbons (Fsp3) is 0.571. The van der Waals surface area contributed by atoms with Gasteiger partial charge in [-0.25, -0.2) is 0 Å². The van der Waals surface area contributed by atoms with Crippen molar-refractivity contribution in [1.29, 1.82) is 0 Å². The Morgan fingerprint density at radius 2 is 1.79 bits per heavy atom. The fourth-order valence-corrected chi connectivity index (χ4v) is 6.09. The van der Waals surface area contributed by atoms with E-state index in [1.165, 1.54) is 16.0 Å². The quantitative estimate of drug-likeness (QED) is 0.478. The van der Waals surface area contributed by atoms with Gasteiger partial charge in [0.15, 0.2) is 0 Å². The number of carbonyl (C=O) groups excluding carboxylic acids is 2. The lowest BCUT2D eigenvalue weighted by Crippen LogP contribution is -2.50. The maximum atomic E-state index is 13.6. The summed E-state index contributed by atoms with van der Waals surface area (Å²) in [4.78, 5) is 31.8. The topological polar surface area (TPSA) is 49.9 Å². The third-order valence-corrected chi connectivity index (χ3v) is 8.28. The molecule has 2 aliphatic rings. The highest BCUT2D eigenvalue weighted by Crippen LogP contribution is 2.34. The highest BCUT2D eigenvalue weighted by Gasteiger charge is 2.35. The lowest BCUT2D eigenvalue weighted by Gasteiger charge is -2.38. The molecule has 1 aromatic carbocycles. The van der Waals surface area contributed by atoms with E-state index in [1.807, 2.05) is 30.9 Å². The largest absolute Gasteiger partial charge is 0.491 e. The van der Waals surface area contributed by atoms with Gasteiger partial charge < -0.3 is 14.5 Å². The molecule has 5 nitrogen and oxygen atoms in total. The SMILES string of the molecule is CC(C)c1ccc(OC[C@H]2c3ccsc3CCN2C(=O)CN(C(=O)C2CCCC2)C(C)C)cc1. The lowest BCUT2D eigenvalue weighted by atomic mass is 10.00. The van der Waals surface area contributed by atoms with E-state index in [0.717, 1.165) is 37.9 Å². The summed E-state index contributed by atoms with van der Waals surface area (Å²) in [7, 11) is 0. The number of carbonyl (C=O) groups is 2. The van der Waals surface area contributed by atoms with Crippen LogP contribution in [0.4, 0.5) is 0 Å². The molecule has 1 saturated carbocycles. The van der Waals surface area contributed by atoms with Crippen LogP contribution in [0.15, 0.2) is 35.7 Å². The molecule has 0 unspecified atom stereocenters. The third kappa shape index (κ3) is 5.48. The molecule has 0 spiro atoms. The van der Waals surface area contributed by atoms with E-state index >= 15 is 0 Å². The van der Waals surface area contributed by atoms with Gasteiger partial charge in [0.1, 0.15) is 18.9 Å². The van der Waals surface area contributed by atoms with E-state index in [2.05, 4.69) is 37.4 Å². The molecule has 2 aromatic rings. The Balaban J connectivity index is 1.48. The van der Waals surface area contributed by atoms with Gasteiger partial charge in [0.25, 0.3) is 0 Å². The third-order valence-electron chi connectivity index (χ3n) is 7.29. The second kappa shape index (κ2) is 10.9. The Labute approximate surface area is 208 Å². The minimum Gasteiger partial charge on any atom is -0.491 e. The van der Waals surface area contributed by atoms with Crippen LogP contribution in [0.2, 0.25) is 0 Å². The Morgan fingerprint density at radius 3 is 2.44 bits per heavy atom. The van der Waals surface area contributed by atoms with Crippen LogP contribution in [0.3, 0.4) is 0 Å². The maximum absolute atomic E-state index is 13.6. The first-order valence-electron chi connectivity index (χ1n) is 12.7. The number of nitrogens with zero attached hydrogens (tertiary/aromatic N) is 2. The summed E-state index contributed by atoms with van der Waals surface area (Å²) in [6.07, 6.45) is 4.98. The average molecular weight is 483 g/mol. The number of ether oxygens (including phenoxy) is 1. The van der Waals surface area contributed by atoms with Gasteiger partial charge in [0, 0.05) is 23.4 Å². The molecule has 6 heteroatoms. The molecule has 1 aliphatic carbocycles. The van der Waals surface area contributed by atoms with E-state index in [0.29, 0.717) is 19.1 Å². The zero-order valence-electron chi connectivity index (χ0n) is 21.0.